The molecular formula is C77H136O6. The molecule has 1 unspecified atom stereocenters. The molecule has 0 aromatic carbocycles. The summed E-state index contributed by atoms with van der Waals surface area (Å²) < 4.78 is 17.0. The maximum Gasteiger partial charge on any atom is 0.306 e. The quantitative estimate of drug-likeness (QED) is 0.0261. The Morgan fingerprint density at radius 3 is 0.771 bits per heavy atom. The normalized spacial score (nSPS) is 12.6. The van der Waals surface area contributed by atoms with E-state index in [0.717, 1.165) is 122 Å². The lowest BCUT2D eigenvalue weighted by molar-refractivity contribution is -0.167. The third-order valence-electron chi connectivity index (χ3n) is 15.9. The molecule has 480 valence electrons. The van der Waals surface area contributed by atoms with Crippen LogP contribution >= 0.6 is 0 Å². The first-order valence-corrected chi connectivity index (χ1v) is 36.1. The SMILES string of the molecule is CC/C=C\C/C=C\C/C=C\CCCCCCCC(=O)OCC(COC(=O)CCCCCCCCCCCCCCCCCCCCC/C=C\CCCCCCCCCC)OC(=O)CCCCCCCC/C=C\C/C=C\C/C=C\CCCCC. The van der Waals surface area contributed by atoms with Crippen molar-refractivity contribution < 1.29 is 28.6 Å². The molecule has 6 heteroatoms. The summed E-state index contributed by atoms with van der Waals surface area (Å²) in [7, 11) is 0. The largest absolute Gasteiger partial charge is 0.462 e. The molecule has 0 aliphatic heterocycles. The van der Waals surface area contributed by atoms with Crippen LogP contribution in [-0.2, 0) is 28.6 Å². The van der Waals surface area contributed by atoms with E-state index in [4.69, 9.17) is 14.2 Å². The highest BCUT2D eigenvalue weighted by molar-refractivity contribution is 5.71. The number of hydrogen-bond acceptors (Lipinski definition) is 6. The van der Waals surface area contributed by atoms with Crippen LogP contribution in [-0.4, -0.2) is 37.2 Å². The molecule has 0 radical (unpaired) electrons. The van der Waals surface area contributed by atoms with Gasteiger partial charge in [-0.3, -0.25) is 14.4 Å². The molecule has 0 aromatic heterocycles. The van der Waals surface area contributed by atoms with Gasteiger partial charge in [0.15, 0.2) is 6.10 Å². The molecule has 1 atom stereocenters. The lowest BCUT2D eigenvalue weighted by Gasteiger charge is -2.18. The Balaban J connectivity index is 4.24. The highest BCUT2D eigenvalue weighted by atomic mass is 16.6. The molecule has 0 amide bonds. The van der Waals surface area contributed by atoms with Gasteiger partial charge in [0.2, 0.25) is 0 Å². The van der Waals surface area contributed by atoms with Crippen molar-refractivity contribution in [2.75, 3.05) is 13.2 Å². The standard InChI is InChI=1S/C77H136O6/c1-4-7-10-13-16-19-22-25-28-30-32-33-34-35-36-37-38-39-40-41-42-43-45-46-49-52-55-58-61-64-67-70-76(79)82-73-74(72-81-75(78)69-66-63-60-57-54-51-48-27-24-21-18-15-12-9-6-3)83-77(80)71-68-65-62-59-56-53-50-47-44-31-29-26-23-20-17-14-11-8-5-2/h9,12,17-18,20-21,26-27,29-30,32,44,47-48,74H,4-8,10-11,13-16,19,22-25,28,31,33-43,45-46,49-73H2,1-3H3/b12-9-,20-17-,21-18-,29-26-,32-30-,47-44-,48-27-. The minimum atomic E-state index is -0.792. The van der Waals surface area contributed by atoms with E-state index in [1.165, 1.54) is 205 Å². The average molecular weight is 1160 g/mol. The molecule has 0 aromatic rings. The first kappa shape index (κ1) is 79.6. The van der Waals surface area contributed by atoms with E-state index >= 15 is 0 Å². The molecule has 0 N–H and O–H groups in total. The zero-order valence-electron chi connectivity index (χ0n) is 55.2. The van der Waals surface area contributed by atoms with Crippen LogP contribution in [0.5, 0.6) is 0 Å². The number of allylic oxidation sites excluding steroid dienone is 14. The number of rotatable bonds is 66. The molecule has 0 saturated carbocycles. The lowest BCUT2D eigenvalue weighted by Crippen LogP contribution is -2.30. The van der Waals surface area contributed by atoms with E-state index in [2.05, 4.69) is 106 Å². The summed E-state index contributed by atoms with van der Waals surface area (Å²) in [5.74, 6) is -0.898. The summed E-state index contributed by atoms with van der Waals surface area (Å²) in [5.41, 5.74) is 0. The van der Waals surface area contributed by atoms with Crippen molar-refractivity contribution in [3.05, 3.63) is 85.1 Å². The molecule has 0 fully saturated rings. The van der Waals surface area contributed by atoms with Gasteiger partial charge in [-0.05, 0) is 116 Å². The second-order valence-corrected chi connectivity index (χ2v) is 24.1. The second-order valence-electron chi connectivity index (χ2n) is 24.1. The molecule has 0 spiro atoms. The van der Waals surface area contributed by atoms with Gasteiger partial charge in [0.05, 0.1) is 0 Å². The van der Waals surface area contributed by atoms with Crippen LogP contribution in [0.2, 0.25) is 0 Å². The van der Waals surface area contributed by atoms with Crippen molar-refractivity contribution in [3.63, 3.8) is 0 Å². The molecule has 0 aliphatic carbocycles. The summed E-state index contributed by atoms with van der Waals surface area (Å²) >= 11 is 0. The number of ether oxygens (including phenoxy) is 3. The summed E-state index contributed by atoms with van der Waals surface area (Å²) in [6.45, 7) is 6.52. The van der Waals surface area contributed by atoms with Crippen LogP contribution in [0.3, 0.4) is 0 Å². The number of hydrogen-bond donors (Lipinski definition) is 0. The molecule has 6 nitrogen and oxygen atoms in total. The van der Waals surface area contributed by atoms with Gasteiger partial charge in [0.1, 0.15) is 13.2 Å². The number of carbonyl (C=O) groups excluding carboxylic acids is 3. The van der Waals surface area contributed by atoms with E-state index in [-0.39, 0.29) is 31.1 Å². The summed E-state index contributed by atoms with van der Waals surface area (Å²) in [6.07, 6.45) is 94.8. The van der Waals surface area contributed by atoms with Gasteiger partial charge >= 0.3 is 17.9 Å². The zero-order chi connectivity index (χ0) is 59.9. The van der Waals surface area contributed by atoms with E-state index in [1.54, 1.807) is 0 Å². The van der Waals surface area contributed by atoms with Crippen LogP contribution in [0.15, 0.2) is 85.1 Å². The van der Waals surface area contributed by atoms with Gasteiger partial charge in [-0.2, -0.15) is 0 Å². The maximum absolute atomic E-state index is 12.9. The highest BCUT2D eigenvalue weighted by Crippen LogP contribution is 2.18. The zero-order valence-corrected chi connectivity index (χ0v) is 55.2. The minimum absolute atomic E-state index is 0.0851. The van der Waals surface area contributed by atoms with Crippen LogP contribution in [0.4, 0.5) is 0 Å². The first-order valence-electron chi connectivity index (χ1n) is 36.1. The van der Waals surface area contributed by atoms with Crippen molar-refractivity contribution >= 4 is 17.9 Å². The summed E-state index contributed by atoms with van der Waals surface area (Å²) in [6, 6.07) is 0. The summed E-state index contributed by atoms with van der Waals surface area (Å²) in [4.78, 5) is 38.4. The molecule has 0 heterocycles. The van der Waals surface area contributed by atoms with Crippen LogP contribution in [0, 0.1) is 0 Å². The molecule has 0 aliphatic rings. The lowest BCUT2D eigenvalue weighted by atomic mass is 10.0. The van der Waals surface area contributed by atoms with Gasteiger partial charge in [-0.25, -0.2) is 0 Å². The van der Waals surface area contributed by atoms with E-state index in [9.17, 15) is 14.4 Å². The van der Waals surface area contributed by atoms with Gasteiger partial charge in [-0.15, -0.1) is 0 Å². The maximum atomic E-state index is 12.9. The van der Waals surface area contributed by atoms with Crippen LogP contribution in [0.1, 0.15) is 367 Å². The Labute approximate surface area is 515 Å². The van der Waals surface area contributed by atoms with Crippen molar-refractivity contribution in [1.82, 2.24) is 0 Å². The average Bonchev–Trinajstić information content (AvgIpc) is 3.50. The van der Waals surface area contributed by atoms with Crippen molar-refractivity contribution in [2.24, 2.45) is 0 Å². The van der Waals surface area contributed by atoms with E-state index in [1.807, 2.05) is 0 Å². The minimum Gasteiger partial charge on any atom is -0.462 e. The van der Waals surface area contributed by atoms with Gasteiger partial charge < -0.3 is 14.2 Å². The van der Waals surface area contributed by atoms with Gasteiger partial charge in [0, 0.05) is 19.3 Å². The van der Waals surface area contributed by atoms with Crippen LogP contribution in [0.25, 0.3) is 0 Å². The number of esters is 3. The Bertz CT molecular complexity index is 1570. The fourth-order valence-corrected chi connectivity index (χ4v) is 10.5. The molecular weight excluding hydrogens is 1020 g/mol. The third-order valence-corrected chi connectivity index (χ3v) is 15.9. The fraction of sp³-hybridized carbons (Fsp3) is 0.779. The predicted octanol–water partition coefficient (Wildman–Crippen LogP) is 25.0. The Kier molecular flexibility index (Phi) is 68.2. The number of carbonyl (C=O) groups is 3. The van der Waals surface area contributed by atoms with Crippen molar-refractivity contribution in [2.45, 2.75) is 374 Å². The topological polar surface area (TPSA) is 78.9 Å². The Morgan fingerprint density at radius 1 is 0.253 bits per heavy atom. The monoisotopic (exact) mass is 1160 g/mol. The second kappa shape index (κ2) is 71.1. The molecule has 0 saturated heterocycles. The van der Waals surface area contributed by atoms with Gasteiger partial charge in [-0.1, -0.05) is 318 Å². The number of unbranched alkanes of at least 4 members (excludes halogenated alkanes) is 41. The Morgan fingerprint density at radius 2 is 0.470 bits per heavy atom. The fourth-order valence-electron chi connectivity index (χ4n) is 10.5. The predicted molar refractivity (Wildman–Crippen MR) is 362 cm³/mol. The van der Waals surface area contributed by atoms with Crippen molar-refractivity contribution in [3.8, 4) is 0 Å². The van der Waals surface area contributed by atoms with E-state index in [0.29, 0.717) is 19.3 Å². The highest BCUT2D eigenvalue weighted by Gasteiger charge is 2.19. The smallest absolute Gasteiger partial charge is 0.306 e. The molecule has 0 rings (SSSR count). The first-order chi connectivity index (χ1) is 41.0. The molecule has 83 heavy (non-hydrogen) atoms. The van der Waals surface area contributed by atoms with Gasteiger partial charge in [0.25, 0.3) is 0 Å². The molecule has 0 bridgehead atoms. The van der Waals surface area contributed by atoms with E-state index < -0.39 is 6.10 Å². The summed E-state index contributed by atoms with van der Waals surface area (Å²) in [5, 5.41) is 0. The van der Waals surface area contributed by atoms with Crippen molar-refractivity contribution in [1.29, 1.82) is 0 Å². The Hall–Kier alpha value is -3.41. The third kappa shape index (κ3) is 69.3. The van der Waals surface area contributed by atoms with Crippen LogP contribution < -0.4 is 0 Å².